The minimum Gasteiger partial charge on any atom is -0.496 e. The van der Waals surface area contributed by atoms with Crippen LogP contribution in [0.5, 0.6) is 5.75 Å². The molecular formula is C18H21NO3. The van der Waals surface area contributed by atoms with E-state index in [0.717, 1.165) is 18.6 Å². The van der Waals surface area contributed by atoms with Crippen molar-refractivity contribution in [3.8, 4) is 5.75 Å². The van der Waals surface area contributed by atoms with Crippen molar-refractivity contribution in [1.82, 2.24) is 5.32 Å². The lowest BCUT2D eigenvalue weighted by atomic mass is 9.78. The summed E-state index contributed by atoms with van der Waals surface area (Å²) in [4.78, 5) is 12.2. The van der Waals surface area contributed by atoms with Crippen LogP contribution in [0.1, 0.15) is 41.6 Å². The standard InChI is InChI=1S/C18H21NO3/c1-21-16-7-3-2-6-15(16)18(9-4-5-10-18)13-19-17(20)14-8-11-22-12-14/h2-3,6-8,11-12H,4-5,9-10,13H2,1H3,(H,19,20). The van der Waals surface area contributed by atoms with Crippen molar-refractivity contribution in [2.45, 2.75) is 31.1 Å². The molecule has 3 rings (SSSR count). The quantitative estimate of drug-likeness (QED) is 0.919. The van der Waals surface area contributed by atoms with Crippen molar-refractivity contribution in [2.24, 2.45) is 0 Å². The Morgan fingerprint density at radius 3 is 2.73 bits per heavy atom. The van der Waals surface area contributed by atoms with Crippen LogP contribution < -0.4 is 10.1 Å². The molecule has 0 bridgehead atoms. The first-order valence-electron chi connectivity index (χ1n) is 7.69. The zero-order valence-electron chi connectivity index (χ0n) is 12.8. The van der Waals surface area contributed by atoms with Crippen LogP contribution in [-0.2, 0) is 5.41 Å². The van der Waals surface area contributed by atoms with Crippen LogP contribution in [0.4, 0.5) is 0 Å². The molecule has 0 spiro atoms. The number of hydrogen-bond donors (Lipinski definition) is 1. The first kappa shape index (κ1) is 14.7. The first-order chi connectivity index (χ1) is 10.7. The van der Waals surface area contributed by atoms with Crippen LogP contribution in [0.15, 0.2) is 47.3 Å². The molecule has 4 nitrogen and oxygen atoms in total. The van der Waals surface area contributed by atoms with E-state index in [1.54, 1.807) is 13.2 Å². The van der Waals surface area contributed by atoms with Crippen molar-refractivity contribution in [2.75, 3.05) is 13.7 Å². The van der Waals surface area contributed by atoms with Gasteiger partial charge in [0.25, 0.3) is 5.91 Å². The topological polar surface area (TPSA) is 51.5 Å². The fourth-order valence-corrected chi connectivity index (χ4v) is 3.42. The third-order valence-electron chi connectivity index (χ3n) is 4.61. The number of carbonyl (C=O) groups excluding carboxylic acids is 1. The second-order valence-corrected chi connectivity index (χ2v) is 5.88. The molecule has 1 aliphatic carbocycles. The van der Waals surface area contributed by atoms with Gasteiger partial charge < -0.3 is 14.5 Å². The number of benzene rings is 1. The van der Waals surface area contributed by atoms with Crippen molar-refractivity contribution in [3.63, 3.8) is 0 Å². The van der Waals surface area contributed by atoms with Gasteiger partial charge in [-0.15, -0.1) is 0 Å². The fourth-order valence-electron chi connectivity index (χ4n) is 3.42. The van der Waals surface area contributed by atoms with Gasteiger partial charge in [0.1, 0.15) is 12.0 Å². The Kier molecular flexibility index (Phi) is 4.18. The van der Waals surface area contributed by atoms with Gasteiger partial charge in [0.05, 0.1) is 18.9 Å². The fraction of sp³-hybridized carbons (Fsp3) is 0.389. The van der Waals surface area contributed by atoms with E-state index in [0.29, 0.717) is 12.1 Å². The molecule has 1 aliphatic rings. The number of furan rings is 1. The molecule has 1 heterocycles. The largest absolute Gasteiger partial charge is 0.496 e. The highest BCUT2D eigenvalue weighted by atomic mass is 16.5. The second-order valence-electron chi connectivity index (χ2n) is 5.88. The summed E-state index contributed by atoms with van der Waals surface area (Å²) >= 11 is 0. The van der Waals surface area contributed by atoms with Crippen LogP contribution in [0.25, 0.3) is 0 Å². The van der Waals surface area contributed by atoms with Gasteiger partial charge in [0, 0.05) is 17.5 Å². The van der Waals surface area contributed by atoms with Crippen molar-refractivity contribution < 1.29 is 13.9 Å². The molecule has 22 heavy (non-hydrogen) atoms. The molecule has 1 aromatic carbocycles. The number of hydrogen-bond acceptors (Lipinski definition) is 3. The Balaban J connectivity index is 1.81. The zero-order chi connectivity index (χ0) is 15.4. The molecule has 1 amide bonds. The summed E-state index contributed by atoms with van der Waals surface area (Å²) in [5.41, 5.74) is 1.72. The van der Waals surface area contributed by atoms with Crippen molar-refractivity contribution >= 4 is 5.91 Å². The zero-order valence-corrected chi connectivity index (χ0v) is 12.8. The van der Waals surface area contributed by atoms with Gasteiger partial charge in [0.2, 0.25) is 0 Å². The molecule has 0 saturated heterocycles. The number of ether oxygens (including phenoxy) is 1. The summed E-state index contributed by atoms with van der Waals surface area (Å²) in [6.07, 6.45) is 7.48. The van der Waals surface area contributed by atoms with Gasteiger partial charge in [0.15, 0.2) is 0 Å². The lowest BCUT2D eigenvalue weighted by Gasteiger charge is -2.31. The van der Waals surface area contributed by atoms with E-state index in [1.807, 2.05) is 18.2 Å². The highest BCUT2D eigenvalue weighted by Crippen LogP contribution is 2.44. The number of amides is 1. The molecule has 116 valence electrons. The smallest absolute Gasteiger partial charge is 0.254 e. The van der Waals surface area contributed by atoms with Gasteiger partial charge in [-0.1, -0.05) is 31.0 Å². The molecule has 1 N–H and O–H groups in total. The van der Waals surface area contributed by atoms with E-state index >= 15 is 0 Å². The van der Waals surface area contributed by atoms with E-state index < -0.39 is 0 Å². The SMILES string of the molecule is COc1ccccc1C1(CNC(=O)c2ccoc2)CCCC1. The summed E-state index contributed by atoms with van der Waals surface area (Å²) in [5, 5.41) is 3.06. The summed E-state index contributed by atoms with van der Waals surface area (Å²) in [7, 11) is 1.70. The molecule has 0 aliphatic heterocycles. The molecule has 0 radical (unpaired) electrons. The van der Waals surface area contributed by atoms with Crippen LogP contribution in [0, 0.1) is 0 Å². The molecule has 1 fully saturated rings. The van der Waals surface area contributed by atoms with Crippen molar-refractivity contribution in [1.29, 1.82) is 0 Å². The number of rotatable bonds is 5. The maximum atomic E-state index is 12.2. The molecule has 0 unspecified atom stereocenters. The molecule has 2 aromatic rings. The lowest BCUT2D eigenvalue weighted by molar-refractivity contribution is 0.0942. The third kappa shape index (κ3) is 2.73. The Bertz CT molecular complexity index is 628. The summed E-state index contributed by atoms with van der Waals surface area (Å²) in [6.45, 7) is 0.622. The molecular weight excluding hydrogens is 278 g/mol. The average Bonchev–Trinajstić information content (AvgIpc) is 3.25. The Morgan fingerprint density at radius 1 is 1.27 bits per heavy atom. The van der Waals surface area contributed by atoms with Gasteiger partial charge in [-0.05, 0) is 25.0 Å². The highest BCUT2D eigenvalue weighted by Gasteiger charge is 2.38. The normalized spacial score (nSPS) is 16.4. The minimum absolute atomic E-state index is 0.0357. The van der Waals surface area contributed by atoms with Crippen LogP contribution >= 0.6 is 0 Å². The number of methoxy groups -OCH3 is 1. The van der Waals surface area contributed by atoms with Gasteiger partial charge in [-0.2, -0.15) is 0 Å². The second kappa shape index (κ2) is 6.26. The predicted octanol–water partition coefficient (Wildman–Crippen LogP) is 3.53. The summed E-state index contributed by atoms with van der Waals surface area (Å²) < 4.78 is 10.5. The van der Waals surface area contributed by atoms with Gasteiger partial charge in [-0.3, -0.25) is 4.79 Å². The molecule has 1 aromatic heterocycles. The molecule has 1 saturated carbocycles. The van der Waals surface area contributed by atoms with Crippen LogP contribution in [-0.4, -0.2) is 19.6 Å². The lowest BCUT2D eigenvalue weighted by Crippen LogP contribution is -2.39. The van der Waals surface area contributed by atoms with Gasteiger partial charge in [-0.25, -0.2) is 0 Å². The molecule has 4 heteroatoms. The number of para-hydroxylation sites is 1. The van der Waals surface area contributed by atoms with E-state index in [9.17, 15) is 4.79 Å². The minimum atomic E-state index is -0.0880. The number of carbonyl (C=O) groups is 1. The van der Waals surface area contributed by atoms with Crippen LogP contribution in [0.2, 0.25) is 0 Å². The predicted molar refractivity (Wildman–Crippen MR) is 84.2 cm³/mol. The van der Waals surface area contributed by atoms with Crippen LogP contribution in [0.3, 0.4) is 0 Å². The number of nitrogens with one attached hydrogen (secondary N) is 1. The average molecular weight is 299 g/mol. The maximum absolute atomic E-state index is 12.2. The van der Waals surface area contributed by atoms with E-state index in [2.05, 4.69) is 11.4 Å². The van der Waals surface area contributed by atoms with Gasteiger partial charge >= 0.3 is 0 Å². The van der Waals surface area contributed by atoms with E-state index in [1.165, 1.54) is 30.9 Å². The third-order valence-corrected chi connectivity index (χ3v) is 4.61. The monoisotopic (exact) mass is 299 g/mol. The van der Waals surface area contributed by atoms with E-state index in [4.69, 9.17) is 9.15 Å². The Labute approximate surface area is 130 Å². The summed E-state index contributed by atoms with van der Waals surface area (Å²) in [6, 6.07) is 9.81. The first-order valence-corrected chi connectivity index (χ1v) is 7.69. The highest BCUT2D eigenvalue weighted by molar-refractivity contribution is 5.93. The van der Waals surface area contributed by atoms with Crippen molar-refractivity contribution in [3.05, 3.63) is 54.0 Å². The maximum Gasteiger partial charge on any atom is 0.254 e. The Hall–Kier alpha value is -2.23. The molecule has 0 atom stereocenters. The summed E-state index contributed by atoms with van der Waals surface area (Å²) in [5.74, 6) is 0.817. The Morgan fingerprint density at radius 2 is 2.05 bits per heavy atom. The van der Waals surface area contributed by atoms with E-state index in [-0.39, 0.29) is 11.3 Å².